The van der Waals surface area contributed by atoms with Crippen LogP contribution in [0.5, 0.6) is 17.2 Å². The quantitative estimate of drug-likeness (QED) is 0.771. The van der Waals surface area contributed by atoms with E-state index in [1.165, 1.54) is 0 Å². The van der Waals surface area contributed by atoms with Crippen molar-refractivity contribution in [3.8, 4) is 17.2 Å². The van der Waals surface area contributed by atoms with Crippen LogP contribution in [0, 0.1) is 0 Å². The number of nitrogens with zero attached hydrogens (tertiary/aromatic N) is 1. The Hall–Kier alpha value is -3.02. The van der Waals surface area contributed by atoms with Gasteiger partial charge >= 0.3 is 0 Å². The molecule has 2 aliphatic heterocycles. The lowest BCUT2D eigenvalue weighted by Crippen LogP contribution is -2.56. The van der Waals surface area contributed by atoms with Gasteiger partial charge in [-0.15, -0.1) is 0 Å². The fraction of sp³-hybridized carbons (Fsp3) is 0.417. The average molecular weight is 409 g/mol. The Labute approximate surface area is 176 Å². The van der Waals surface area contributed by atoms with E-state index in [1.54, 1.807) is 30.2 Å². The average Bonchev–Trinajstić information content (AvgIpc) is 2.74. The second-order valence-electron chi connectivity index (χ2n) is 8.13. The number of methoxy groups -OCH3 is 1. The molecule has 6 heteroatoms. The molecule has 2 heterocycles. The minimum atomic E-state index is -0.822. The smallest absolute Gasteiger partial charge is 0.253 e. The van der Waals surface area contributed by atoms with Gasteiger partial charge in [0.25, 0.3) is 5.91 Å². The molecule has 0 unspecified atom stereocenters. The molecule has 2 aliphatic rings. The van der Waals surface area contributed by atoms with Gasteiger partial charge in [0.1, 0.15) is 5.75 Å². The standard InChI is InChI=1S/C24H27NO5/c1-16(2)29-20-9-8-18(14-21(20)28-3)23(27)25-12-10-24(11-13-25)22(26)15-17-6-4-5-7-19(17)30-24/h4-9,14,16H,10-13,15H2,1-3H3. The second-order valence-corrected chi connectivity index (χ2v) is 8.13. The molecule has 2 aromatic rings. The number of ketones is 1. The molecule has 2 aromatic carbocycles. The molecule has 0 N–H and O–H groups in total. The maximum atomic E-state index is 13.1. The number of rotatable bonds is 4. The van der Waals surface area contributed by atoms with Crippen LogP contribution in [0.15, 0.2) is 42.5 Å². The second kappa shape index (κ2) is 8.01. The lowest BCUT2D eigenvalue weighted by Gasteiger charge is -2.43. The van der Waals surface area contributed by atoms with Crippen LogP contribution >= 0.6 is 0 Å². The molecular weight excluding hydrogens is 382 g/mol. The van der Waals surface area contributed by atoms with Crippen LogP contribution in [0.25, 0.3) is 0 Å². The Kier molecular flexibility index (Phi) is 5.41. The SMILES string of the molecule is COc1cc(C(=O)N2CCC3(CC2)Oc2ccccc2CC3=O)ccc1OC(C)C. The molecule has 0 atom stereocenters. The summed E-state index contributed by atoms with van der Waals surface area (Å²) in [6.07, 6.45) is 1.39. The van der Waals surface area contributed by atoms with Gasteiger partial charge in [0.2, 0.25) is 0 Å². The van der Waals surface area contributed by atoms with E-state index in [9.17, 15) is 9.59 Å². The fourth-order valence-corrected chi connectivity index (χ4v) is 4.14. The van der Waals surface area contributed by atoms with Crippen molar-refractivity contribution in [2.45, 2.75) is 44.8 Å². The predicted molar refractivity (Wildman–Crippen MR) is 112 cm³/mol. The molecule has 0 saturated carbocycles. The van der Waals surface area contributed by atoms with Gasteiger partial charge in [-0.1, -0.05) is 18.2 Å². The first-order valence-corrected chi connectivity index (χ1v) is 10.4. The van der Waals surface area contributed by atoms with Crippen molar-refractivity contribution in [1.82, 2.24) is 4.90 Å². The molecule has 0 aromatic heterocycles. The monoisotopic (exact) mass is 409 g/mol. The van der Waals surface area contributed by atoms with E-state index in [2.05, 4.69) is 0 Å². The highest BCUT2D eigenvalue weighted by molar-refractivity contribution is 5.96. The number of likely N-dealkylation sites (tertiary alicyclic amines) is 1. The summed E-state index contributed by atoms with van der Waals surface area (Å²) in [4.78, 5) is 27.7. The highest BCUT2D eigenvalue weighted by Gasteiger charge is 2.46. The summed E-state index contributed by atoms with van der Waals surface area (Å²) in [6, 6.07) is 12.9. The van der Waals surface area contributed by atoms with E-state index in [0.29, 0.717) is 49.4 Å². The topological polar surface area (TPSA) is 65.1 Å². The van der Waals surface area contributed by atoms with E-state index in [0.717, 1.165) is 11.3 Å². The highest BCUT2D eigenvalue weighted by atomic mass is 16.5. The molecule has 1 spiro atoms. The van der Waals surface area contributed by atoms with Gasteiger partial charge in [0.05, 0.1) is 13.2 Å². The van der Waals surface area contributed by atoms with Crippen molar-refractivity contribution in [3.63, 3.8) is 0 Å². The molecule has 30 heavy (non-hydrogen) atoms. The molecule has 0 aliphatic carbocycles. The van der Waals surface area contributed by atoms with E-state index >= 15 is 0 Å². The number of carbonyl (C=O) groups excluding carboxylic acids is 2. The van der Waals surface area contributed by atoms with E-state index in [4.69, 9.17) is 14.2 Å². The Morgan fingerprint density at radius 3 is 2.53 bits per heavy atom. The van der Waals surface area contributed by atoms with Gasteiger partial charge < -0.3 is 19.1 Å². The summed E-state index contributed by atoms with van der Waals surface area (Å²) in [7, 11) is 1.56. The van der Waals surface area contributed by atoms with Crippen molar-refractivity contribution < 1.29 is 23.8 Å². The third-order valence-electron chi connectivity index (χ3n) is 5.77. The van der Waals surface area contributed by atoms with Crippen molar-refractivity contribution in [3.05, 3.63) is 53.6 Å². The Balaban J connectivity index is 1.47. The fourth-order valence-electron chi connectivity index (χ4n) is 4.14. The zero-order valence-corrected chi connectivity index (χ0v) is 17.6. The van der Waals surface area contributed by atoms with Crippen LogP contribution < -0.4 is 14.2 Å². The molecule has 4 rings (SSSR count). The van der Waals surface area contributed by atoms with Gasteiger partial charge in [-0.25, -0.2) is 0 Å². The third kappa shape index (κ3) is 3.74. The number of benzene rings is 2. The van der Waals surface area contributed by atoms with Crippen molar-refractivity contribution in [2.24, 2.45) is 0 Å². The summed E-state index contributed by atoms with van der Waals surface area (Å²) in [5, 5.41) is 0. The van der Waals surface area contributed by atoms with E-state index in [-0.39, 0.29) is 17.8 Å². The summed E-state index contributed by atoms with van der Waals surface area (Å²) in [5.41, 5.74) is 0.653. The van der Waals surface area contributed by atoms with Gasteiger partial charge in [0.15, 0.2) is 22.9 Å². The summed E-state index contributed by atoms with van der Waals surface area (Å²) < 4.78 is 17.3. The first-order valence-electron chi connectivity index (χ1n) is 10.4. The zero-order chi connectivity index (χ0) is 21.3. The summed E-state index contributed by atoms with van der Waals surface area (Å²) in [5.74, 6) is 1.95. The van der Waals surface area contributed by atoms with Crippen LogP contribution in [-0.4, -0.2) is 48.5 Å². The van der Waals surface area contributed by atoms with Gasteiger partial charge in [0, 0.05) is 43.5 Å². The lowest BCUT2D eigenvalue weighted by molar-refractivity contribution is -0.139. The summed E-state index contributed by atoms with van der Waals surface area (Å²) >= 11 is 0. The zero-order valence-electron chi connectivity index (χ0n) is 17.6. The number of carbonyl (C=O) groups is 2. The number of para-hydroxylation sites is 1. The van der Waals surface area contributed by atoms with Crippen LogP contribution in [-0.2, 0) is 11.2 Å². The third-order valence-corrected chi connectivity index (χ3v) is 5.77. The number of amides is 1. The minimum absolute atomic E-state index is 0.0110. The molecule has 158 valence electrons. The number of ether oxygens (including phenoxy) is 3. The first-order chi connectivity index (χ1) is 14.4. The number of hydrogen-bond donors (Lipinski definition) is 0. The van der Waals surface area contributed by atoms with Crippen LogP contribution in [0.1, 0.15) is 42.6 Å². The molecule has 1 fully saturated rings. The normalized spacial score (nSPS) is 17.5. The number of Topliss-reactive ketones (excluding diaryl/α,β-unsaturated/α-hetero) is 1. The minimum Gasteiger partial charge on any atom is -0.493 e. The maximum Gasteiger partial charge on any atom is 0.253 e. The lowest BCUT2D eigenvalue weighted by atomic mass is 9.82. The van der Waals surface area contributed by atoms with Gasteiger partial charge in [-0.2, -0.15) is 0 Å². The molecule has 0 radical (unpaired) electrons. The van der Waals surface area contributed by atoms with Gasteiger partial charge in [-0.3, -0.25) is 9.59 Å². The number of piperidine rings is 1. The Morgan fingerprint density at radius 1 is 1.10 bits per heavy atom. The Morgan fingerprint density at radius 2 is 1.83 bits per heavy atom. The highest BCUT2D eigenvalue weighted by Crippen LogP contribution is 2.37. The van der Waals surface area contributed by atoms with Crippen molar-refractivity contribution >= 4 is 11.7 Å². The van der Waals surface area contributed by atoms with E-state index in [1.807, 2.05) is 38.1 Å². The predicted octanol–water partition coefficient (Wildman–Crippen LogP) is 3.66. The van der Waals surface area contributed by atoms with Crippen molar-refractivity contribution in [1.29, 1.82) is 0 Å². The first kappa shape index (κ1) is 20.3. The Bertz CT molecular complexity index is 960. The summed E-state index contributed by atoms with van der Waals surface area (Å²) in [6.45, 7) is 4.82. The van der Waals surface area contributed by atoms with Crippen molar-refractivity contribution in [2.75, 3.05) is 20.2 Å². The van der Waals surface area contributed by atoms with Crippen LogP contribution in [0.2, 0.25) is 0 Å². The molecule has 1 saturated heterocycles. The maximum absolute atomic E-state index is 13.1. The number of hydrogen-bond acceptors (Lipinski definition) is 5. The molecular formula is C24H27NO5. The van der Waals surface area contributed by atoms with Crippen LogP contribution in [0.4, 0.5) is 0 Å². The largest absolute Gasteiger partial charge is 0.493 e. The van der Waals surface area contributed by atoms with Crippen LogP contribution in [0.3, 0.4) is 0 Å². The molecule has 0 bridgehead atoms. The van der Waals surface area contributed by atoms with E-state index < -0.39 is 5.60 Å². The number of fused-ring (bicyclic) bond motifs is 1. The van der Waals surface area contributed by atoms with Gasteiger partial charge in [-0.05, 0) is 38.1 Å². The molecule has 6 nitrogen and oxygen atoms in total. The molecule has 1 amide bonds.